The summed E-state index contributed by atoms with van der Waals surface area (Å²) in [5.74, 6) is 0.200. The molecule has 1 aliphatic rings. The third-order valence-corrected chi connectivity index (χ3v) is 6.86. The van der Waals surface area contributed by atoms with Crippen LogP contribution in [-0.4, -0.2) is 31.5 Å². The highest BCUT2D eigenvalue weighted by Crippen LogP contribution is 2.38. The maximum Gasteiger partial charge on any atom is 0.405 e. The lowest BCUT2D eigenvalue weighted by Gasteiger charge is -2.37. The Morgan fingerprint density at radius 1 is 1.12 bits per heavy atom. The molecule has 3 nitrogen and oxygen atoms in total. The zero-order chi connectivity index (χ0) is 19.9. The highest BCUT2D eigenvalue weighted by atomic mass is 32.2. The van der Waals surface area contributed by atoms with Gasteiger partial charge in [-0.3, -0.25) is 0 Å². The molecule has 1 aromatic carbocycles. The van der Waals surface area contributed by atoms with Crippen LogP contribution in [0.1, 0.15) is 70.9 Å². The van der Waals surface area contributed by atoms with E-state index in [-0.39, 0.29) is 23.8 Å². The lowest BCUT2D eigenvalue weighted by molar-refractivity contribution is -0.177. The molecule has 0 amide bonds. The van der Waals surface area contributed by atoms with Crippen LogP contribution >= 0.6 is 0 Å². The van der Waals surface area contributed by atoms with Gasteiger partial charge in [0.25, 0.3) is 0 Å². The van der Waals surface area contributed by atoms with E-state index in [2.05, 4.69) is 0 Å². The van der Waals surface area contributed by atoms with E-state index < -0.39 is 27.7 Å². The Kier molecular flexibility index (Phi) is 5.84. The third-order valence-electron chi connectivity index (χ3n) is 4.90. The average Bonchev–Trinajstić information content (AvgIpc) is 2.52. The van der Waals surface area contributed by atoms with Crippen molar-refractivity contribution < 1.29 is 21.6 Å². The van der Waals surface area contributed by atoms with Gasteiger partial charge in [0, 0.05) is 6.54 Å². The molecule has 148 valence electrons. The fourth-order valence-corrected chi connectivity index (χ4v) is 5.43. The molecule has 0 saturated carbocycles. The number of nitrogens with zero attached hydrogens (tertiary/aromatic N) is 1. The number of rotatable bonds is 3. The molecule has 1 saturated heterocycles. The van der Waals surface area contributed by atoms with Crippen LogP contribution in [0.5, 0.6) is 0 Å². The van der Waals surface area contributed by atoms with Gasteiger partial charge in [-0.1, -0.05) is 53.2 Å². The van der Waals surface area contributed by atoms with Crippen molar-refractivity contribution in [2.75, 3.05) is 6.54 Å². The molecule has 1 heterocycles. The summed E-state index contributed by atoms with van der Waals surface area (Å²) < 4.78 is 67.4. The Hall–Kier alpha value is -1.08. The minimum atomic E-state index is -4.56. The smallest absolute Gasteiger partial charge is 0.207 e. The second kappa shape index (κ2) is 7.15. The molecule has 1 atom stereocenters. The van der Waals surface area contributed by atoms with Crippen molar-refractivity contribution in [1.29, 1.82) is 0 Å². The number of sulfonamides is 1. The van der Waals surface area contributed by atoms with E-state index in [0.29, 0.717) is 22.7 Å². The second-order valence-electron chi connectivity index (χ2n) is 8.33. The topological polar surface area (TPSA) is 37.4 Å². The van der Waals surface area contributed by atoms with Crippen LogP contribution in [0.4, 0.5) is 13.2 Å². The Balaban J connectivity index is 2.61. The van der Waals surface area contributed by atoms with Gasteiger partial charge >= 0.3 is 6.18 Å². The van der Waals surface area contributed by atoms with Crippen LogP contribution in [0.2, 0.25) is 0 Å². The van der Waals surface area contributed by atoms with Crippen molar-refractivity contribution in [3.63, 3.8) is 0 Å². The minimum Gasteiger partial charge on any atom is -0.207 e. The van der Waals surface area contributed by atoms with Crippen molar-refractivity contribution in [3.05, 3.63) is 29.3 Å². The summed E-state index contributed by atoms with van der Waals surface area (Å²) in [6, 6.07) is 3.07. The lowest BCUT2D eigenvalue weighted by Crippen LogP contribution is -2.51. The number of halogens is 3. The quantitative estimate of drug-likeness (QED) is 0.709. The van der Waals surface area contributed by atoms with Crippen molar-refractivity contribution in [1.82, 2.24) is 4.31 Å². The van der Waals surface area contributed by atoms with E-state index in [1.807, 2.05) is 40.7 Å². The van der Waals surface area contributed by atoms with Crippen LogP contribution < -0.4 is 0 Å². The molecule has 1 unspecified atom stereocenters. The second-order valence-corrected chi connectivity index (χ2v) is 10.2. The van der Waals surface area contributed by atoms with E-state index >= 15 is 0 Å². The van der Waals surface area contributed by atoms with Gasteiger partial charge < -0.3 is 0 Å². The van der Waals surface area contributed by atoms with Gasteiger partial charge in [0.1, 0.15) is 6.04 Å². The Bertz CT molecular complexity index is 749. The molecular weight excluding hydrogens is 363 g/mol. The molecule has 0 N–H and O–H groups in total. The van der Waals surface area contributed by atoms with E-state index in [1.165, 1.54) is 6.07 Å². The first-order valence-corrected chi connectivity index (χ1v) is 10.4. The molecule has 0 aliphatic carbocycles. The SMILES string of the molecule is CC(C)c1ccc(S(=O)(=O)N2CCCCC2C(F)(F)F)c(C(C)(C)C)c1. The van der Waals surface area contributed by atoms with Gasteiger partial charge in [-0.05, 0) is 41.4 Å². The molecule has 7 heteroatoms. The third kappa shape index (κ3) is 4.25. The predicted octanol–water partition coefficient (Wildman–Crippen LogP) is 5.21. The van der Waals surface area contributed by atoms with Gasteiger partial charge in [-0.2, -0.15) is 17.5 Å². The number of alkyl halides is 3. The summed E-state index contributed by atoms with van der Waals surface area (Å²) in [5.41, 5.74) is 1.03. The van der Waals surface area contributed by atoms with Crippen LogP contribution in [0.25, 0.3) is 0 Å². The minimum absolute atomic E-state index is 0.00875. The molecular formula is C19H28F3NO2S. The van der Waals surface area contributed by atoms with E-state index in [9.17, 15) is 21.6 Å². The van der Waals surface area contributed by atoms with Gasteiger partial charge in [0.2, 0.25) is 10.0 Å². The Morgan fingerprint density at radius 2 is 1.73 bits per heavy atom. The zero-order valence-electron chi connectivity index (χ0n) is 16.0. The number of hydrogen-bond donors (Lipinski definition) is 0. The van der Waals surface area contributed by atoms with Gasteiger partial charge in [-0.25, -0.2) is 8.42 Å². The molecule has 0 bridgehead atoms. The first kappa shape index (κ1) is 21.2. The van der Waals surface area contributed by atoms with Crippen molar-refractivity contribution >= 4 is 10.0 Å². The lowest BCUT2D eigenvalue weighted by atomic mass is 9.85. The molecule has 0 spiro atoms. The maximum atomic E-state index is 13.4. The molecule has 1 aromatic rings. The summed E-state index contributed by atoms with van der Waals surface area (Å²) in [5, 5.41) is 0. The van der Waals surface area contributed by atoms with Crippen molar-refractivity contribution in [2.24, 2.45) is 0 Å². The van der Waals surface area contributed by atoms with E-state index in [4.69, 9.17) is 0 Å². The first-order valence-electron chi connectivity index (χ1n) is 8.99. The van der Waals surface area contributed by atoms with E-state index in [1.54, 1.807) is 6.07 Å². The normalized spacial score (nSPS) is 20.6. The monoisotopic (exact) mass is 391 g/mol. The van der Waals surface area contributed by atoms with Gasteiger partial charge in [0.15, 0.2) is 0 Å². The Labute approximate surface area is 154 Å². The molecule has 0 radical (unpaired) electrons. The zero-order valence-corrected chi connectivity index (χ0v) is 16.8. The highest BCUT2D eigenvalue weighted by Gasteiger charge is 2.49. The number of benzene rings is 1. The maximum absolute atomic E-state index is 13.4. The van der Waals surface area contributed by atoms with E-state index in [0.717, 1.165) is 5.56 Å². The molecule has 1 aliphatic heterocycles. The summed E-state index contributed by atoms with van der Waals surface area (Å²) >= 11 is 0. The van der Waals surface area contributed by atoms with Crippen molar-refractivity contribution in [3.8, 4) is 0 Å². The van der Waals surface area contributed by atoms with Crippen LogP contribution in [0.3, 0.4) is 0 Å². The van der Waals surface area contributed by atoms with Gasteiger partial charge in [0.05, 0.1) is 4.90 Å². The summed E-state index contributed by atoms with van der Waals surface area (Å²) in [7, 11) is -4.24. The summed E-state index contributed by atoms with van der Waals surface area (Å²) in [6.07, 6.45) is -3.92. The van der Waals surface area contributed by atoms with Crippen LogP contribution in [0.15, 0.2) is 23.1 Å². The van der Waals surface area contributed by atoms with Crippen LogP contribution in [-0.2, 0) is 15.4 Å². The van der Waals surface area contributed by atoms with Crippen molar-refractivity contribution in [2.45, 2.75) is 82.3 Å². The Morgan fingerprint density at radius 3 is 2.23 bits per heavy atom. The fraction of sp³-hybridized carbons (Fsp3) is 0.684. The summed E-state index contributed by atoms with van der Waals surface area (Å²) in [4.78, 5) is -0.00875. The molecule has 2 rings (SSSR count). The molecule has 0 aromatic heterocycles. The highest BCUT2D eigenvalue weighted by molar-refractivity contribution is 7.89. The van der Waals surface area contributed by atoms with Gasteiger partial charge in [-0.15, -0.1) is 0 Å². The predicted molar refractivity (Wildman–Crippen MR) is 96.8 cm³/mol. The average molecular weight is 391 g/mol. The largest absolute Gasteiger partial charge is 0.405 e. The number of hydrogen-bond acceptors (Lipinski definition) is 2. The fourth-order valence-electron chi connectivity index (χ4n) is 3.36. The first-order chi connectivity index (χ1) is 11.8. The standard InChI is InChI=1S/C19H28F3NO2S/c1-13(2)14-9-10-16(15(12-14)18(3,4)5)26(24,25)23-11-7-6-8-17(23)19(20,21)22/h9-10,12-13,17H,6-8,11H2,1-5H3. The molecule has 1 fully saturated rings. The molecule has 26 heavy (non-hydrogen) atoms. The number of piperidine rings is 1. The summed E-state index contributed by atoms with van der Waals surface area (Å²) in [6.45, 7) is 9.54. The van der Waals surface area contributed by atoms with Crippen LogP contribution in [0, 0.1) is 0 Å².